The minimum Gasteiger partial charge on any atom is -0.326 e. The second-order valence-corrected chi connectivity index (χ2v) is 5.93. The van der Waals surface area contributed by atoms with Crippen LogP contribution < -0.4 is 5.32 Å². The molecule has 1 N–H and O–H groups in total. The first-order valence-electron chi connectivity index (χ1n) is 8.38. The van der Waals surface area contributed by atoms with Gasteiger partial charge in [-0.2, -0.15) is 0 Å². The number of aryl methyl sites for hydroxylation is 1. The van der Waals surface area contributed by atoms with Crippen molar-refractivity contribution in [3.05, 3.63) is 30.1 Å². The third-order valence-electron chi connectivity index (χ3n) is 4.38. The molecule has 0 aliphatic carbocycles. The number of imidazole rings is 1. The fourth-order valence-corrected chi connectivity index (χ4v) is 2.93. The predicted octanol–water partition coefficient (Wildman–Crippen LogP) is 4.01. The van der Waals surface area contributed by atoms with Crippen LogP contribution in [0.3, 0.4) is 0 Å². The van der Waals surface area contributed by atoms with E-state index < -0.39 is 0 Å². The molecule has 2 rings (SSSR count). The minimum absolute atomic E-state index is 0.508. The summed E-state index contributed by atoms with van der Waals surface area (Å²) >= 11 is 0. The highest BCUT2D eigenvalue weighted by Gasteiger charge is 2.18. The minimum atomic E-state index is 0.508. The highest BCUT2D eigenvalue weighted by molar-refractivity contribution is 5.75. The summed E-state index contributed by atoms with van der Waals surface area (Å²) in [6, 6.07) is 9.01. The SMILES string of the molecule is CCCc1nc2ccccc2n1CC(NCC)C(C)CC. The first-order valence-corrected chi connectivity index (χ1v) is 8.38. The summed E-state index contributed by atoms with van der Waals surface area (Å²) in [7, 11) is 0. The molecule has 2 atom stereocenters. The Kier molecular flexibility index (Phi) is 5.80. The molecule has 2 unspecified atom stereocenters. The lowest BCUT2D eigenvalue weighted by Crippen LogP contribution is -2.38. The third kappa shape index (κ3) is 3.65. The zero-order valence-corrected chi connectivity index (χ0v) is 13.9. The van der Waals surface area contributed by atoms with Gasteiger partial charge in [0.05, 0.1) is 11.0 Å². The van der Waals surface area contributed by atoms with Crippen molar-refractivity contribution in [1.82, 2.24) is 14.9 Å². The number of aromatic nitrogens is 2. The molecule has 1 aromatic carbocycles. The van der Waals surface area contributed by atoms with Crippen LogP contribution in [0.1, 0.15) is 46.4 Å². The summed E-state index contributed by atoms with van der Waals surface area (Å²) in [5, 5.41) is 3.66. The average molecular weight is 287 g/mol. The normalized spacial score (nSPS) is 14.5. The van der Waals surface area contributed by atoms with Crippen LogP contribution in [-0.2, 0) is 13.0 Å². The number of benzene rings is 1. The Morgan fingerprint density at radius 2 is 1.95 bits per heavy atom. The molecule has 21 heavy (non-hydrogen) atoms. The van der Waals surface area contributed by atoms with Gasteiger partial charge in [-0.3, -0.25) is 0 Å². The van der Waals surface area contributed by atoms with Gasteiger partial charge in [-0.25, -0.2) is 4.98 Å². The number of nitrogens with one attached hydrogen (secondary N) is 1. The van der Waals surface area contributed by atoms with Crippen LogP contribution in [0.25, 0.3) is 11.0 Å². The zero-order chi connectivity index (χ0) is 15.2. The van der Waals surface area contributed by atoms with Crippen molar-refractivity contribution < 1.29 is 0 Å². The van der Waals surface area contributed by atoms with Crippen molar-refractivity contribution >= 4 is 11.0 Å². The number of likely N-dealkylation sites (N-methyl/N-ethyl adjacent to an activating group) is 1. The molecular weight excluding hydrogens is 258 g/mol. The number of fused-ring (bicyclic) bond motifs is 1. The predicted molar refractivity (Wildman–Crippen MR) is 90.6 cm³/mol. The lowest BCUT2D eigenvalue weighted by Gasteiger charge is -2.25. The highest BCUT2D eigenvalue weighted by Crippen LogP contribution is 2.20. The van der Waals surface area contributed by atoms with Gasteiger partial charge < -0.3 is 9.88 Å². The number of nitrogens with zero attached hydrogens (tertiary/aromatic N) is 2. The summed E-state index contributed by atoms with van der Waals surface area (Å²) < 4.78 is 2.43. The Hall–Kier alpha value is -1.35. The molecule has 0 aliphatic heterocycles. The van der Waals surface area contributed by atoms with Gasteiger partial charge in [0, 0.05) is 19.0 Å². The van der Waals surface area contributed by atoms with Gasteiger partial charge in [0.2, 0.25) is 0 Å². The van der Waals surface area contributed by atoms with Crippen LogP contribution >= 0.6 is 0 Å². The molecule has 0 aliphatic rings. The highest BCUT2D eigenvalue weighted by atomic mass is 15.1. The van der Waals surface area contributed by atoms with Crippen LogP contribution in [-0.4, -0.2) is 22.1 Å². The average Bonchev–Trinajstić information content (AvgIpc) is 2.84. The molecule has 0 bridgehead atoms. The van der Waals surface area contributed by atoms with Crippen molar-refractivity contribution in [2.24, 2.45) is 5.92 Å². The van der Waals surface area contributed by atoms with E-state index in [2.05, 4.69) is 61.8 Å². The summed E-state index contributed by atoms with van der Waals surface area (Å²) in [6.45, 7) is 11.1. The van der Waals surface area contributed by atoms with Crippen LogP contribution in [0.4, 0.5) is 0 Å². The maximum atomic E-state index is 4.84. The summed E-state index contributed by atoms with van der Waals surface area (Å²) in [6.07, 6.45) is 3.39. The van der Waals surface area contributed by atoms with Gasteiger partial charge in [0.1, 0.15) is 5.82 Å². The second kappa shape index (κ2) is 7.60. The fraction of sp³-hybridized carbons (Fsp3) is 0.611. The summed E-state index contributed by atoms with van der Waals surface area (Å²) in [5.41, 5.74) is 2.40. The number of hydrogen-bond donors (Lipinski definition) is 1. The first kappa shape index (κ1) is 16.0. The van der Waals surface area contributed by atoms with Crippen LogP contribution in [0.15, 0.2) is 24.3 Å². The fourth-order valence-electron chi connectivity index (χ4n) is 2.93. The molecular formula is C18H29N3. The third-order valence-corrected chi connectivity index (χ3v) is 4.38. The first-order chi connectivity index (χ1) is 10.2. The van der Waals surface area contributed by atoms with E-state index in [0.29, 0.717) is 12.0 Å². The van der Waals surface area contributed by atoms with Gasteiger partial charge in [0.15, 0.2) is 0 Å². The molecule has 1 aromatic heterocycles. The van der Waals surface area contributed by atoms with Gasteiger partial charge in [-0.1, -0.05) is 46.2 Å². The molecule has 0 saturated carbocycles. The lowest BCUT2D eigenvalue weighted by atomic mass is 9.99. The van der Waals surface area contributed by atoms with Crippen molar-refractivity contribution in [3.63, 3.8) is 0 Å². The monoisotopic (exact) mass is 287 g/mol. The number of hydrogen-bond acceptors (Lipinski definition) is 2. The van der Waals surface area contributed by atoms with Crippen molar-refractivity contribution in [2.75, 3.05) is 6.54 Å². The Labute approximate surface area is 128 Å². The number of rotatable bonds is 8. The van der Waals surface area contributed by atoms with E-state index in [4.69, 9.17) is 4.98 Å². The summed E-state index contributed by atoms with van der Waals surface area (Å²) in [4.78, 5) is 4.84. The molecule has 116 valence electrons. The maximum Gasteiger partial charge on any atom is 0.109 e. The van der Waals surface area contributed by atoms with Gasteiger partial charge >= 0.3 is 0 Å². The van der Waals surface area contributed by atoms with E-state index in [0.717, 1.165) is 31.4 Å². The van der Waals surface area contributed by atoms with E-state index in [9.17, 15) is 0 Å². The Bertz CT molecular complexity index is 559. The topological polar surface area (TPSA) is 29.9 Å². The Morgan fingerprint density at radius 1 is 1.19 bits per heavy atom. The Morgan fingerprint density at radius 3 is 2.62 bits per heavy atom. The standard InChI is InChI=1S/C18H29N3/c1-5-10-18-20-15-11-8-9-12-17(15)21(18)13-16(19-7-3)14(4)6-2/h8-9,11-12,14,16,19H,5-7,10,13H2,1-4H3. The maximum absolute atomic E-state index is 4.84. The zero-order valence-electron chi connectivity index (χ0n) is 13.9. The Balaban J connectivity index is 2.35. The van der Waals surface area contributed by atoms with E-state index in [1.165, 1.54) is 17.8 Å². The molecule has 0 fully saturated rings. The van der Waals surface area contributed by atoms with Gasteiger partial charge in [-0.15, -0.1) is 0 Å². The molecule has 0 radical (unpaired) electrons. The largest absolute Gasteiger partial charge is 0.326 e. The lowest BCUT2D eigenvalue weighted by molar-refractivity contribution is 0.334. The van der Waals surface area contributed by atoms with Crippen molar-refractivity contribution in [2.45, 2.75) is 59.5 Å². The van der Waals surface area contributed by atoms with Crippen molar-refractivity contribution in [1.29, 1.82) is 0 Å². The second-order valence-electron chi connectivity index (χ2n) is 5.93. The van der Waals surface area contributed by atoms with Crippen molar-refractivity contribution in [3.8, 4) is 0 Å². The number of para-hydroxylation sites is 2. The van der Waals surface area contributed by atoms with Gasteiger partial charge in [0.25, 0.3) is 0 Å². The molecule has 0 spiro atoms. The van der Waals surface area contributed by atoms with Gasteiger partial charge in [-0.05, 0) is 31.0 Å². The van der Waals surface area contributed by atoms with E-state index >= 15 is 0 Å². The van der Waals surface area contributed by atoms with E-state index in [-0.39, 0.29) is 0 Å². The van der Waals surface area contributed by atoms with Crippen LogP contribution in [0.5, 0.6) is 0 Å². The molecule has 1 heterocycles. The molecule has 0 saturated heterocycles. The van der Waals surface area contributed by atoms with Crippen LogP contribution in [0, 0.1) is 5.92 Å². The van der Waals surface area contributed by atoms with E-state index in [1.54, 1.807) is 0 Å². The van der Waals surface area contributed by atoms with Crippen LogP contribution in [0.2, 0.25) is 0 Å². The molecule has 2 aromatic rings. The molecule has 0 amide bonds. The quantitative estimate of drug-likeness (QED) is 0.795. The molecule has 3 nitrogen and oxygen atoms in total. The molecule has 3 heteroatoms. The van der Waals surface area contributed by atoms with E-state index in [1.807, 2.05) is 0 Å². The summed E-state index contributed by atoms with van der Waals surface area (Å²) in [5.74, 6) is 1.89. The smallest absolute Gasteiger partial charge is 0.109 e.